The van der Waals surface area contributed by atoms with Crippen LogP contribution in [-0.2, 0) is 26.0 Å². The molecule has 0 fully saturated rings. The first-order valence-corrected chi connectivity index (χ1v) is 12.9. The van der Waals surface area contributed by atoms with Crippen molar-refractivity contribution >= 4 is 27.8 Å². The van der Waals surface area contributed by atoms with Gasteiger partial charge >= 0.3 is 11.9 Å². The van der Waals surface area contributed by atoms with Gasteiger partial charge in [-0.2, -0.15) is 0 Å². The van der Waals surface area contributed by atoms with E-state index in [9.17, 15) is 28.2 Å². The van der Waals surface area contributed by atoms with E-state index in [4.69, 9.17) is 20.6 Å². The highest BCUT2D eigenvalue weighted by molar-refractivity contribution is 7.89. The lowest BCUT2D eigenvalue weighted by atomic mass is 9.97. The predicted molar refractivity (Wildman–Crippen MR) is 139 cm³/mol. The fraction of sp³-hybridized carbons (Fsp3) is 0.192. The molecule has 6 N–H and O–H groups in total. The standard InChI is InChI=1S/C26H27N3O8S/c1-2-36-24(31)15-37-22-13-17(19-5-3-4-6-20(19)26(32)33)8-7-16(22)11-12-29-38(34,35)23-14-18(25(27)28)9-10-21(23)30/h3-10,13-14,29-30H,2,11-12,15H2,1H3,(H3,27,28)(H,32,33). The average Bonchev–Trinajstić information content (AvgIpc) is 2.88. The number of nitrogen functional groups attached to an aromatic ring is 1. The number of sulfonamides is 1. The van der Waals surface area contributed by atoms with Crippen molar-refractivity contribution in [2.45, 2.75) is 18.2 Å². The van der Waals surface area contributed by atoms with Gasteiger partial charge in [-0.25, -0.2) is 22.7 Å². The molecule has 0 unspecified atom stereocenters. The van der Waals surface area contributed by atoms with Crippen molar-refractivity contribution < 1.29 is 37.7 Å². The molecule has 38 heavy (non-hydrogen) atoms. The number of hydrogen-bond donors (Lipinski definition) is 5. The molecule has 3 aromatic carbocycles. The molecule has 0 radical (unpaired) electrons. The lowest BCUT2D eigenvalue weighted by molar-refractivity contribution is -0.145. The van der Waals surface area contributed by atoms with Gasteiger partial charge in [0.15, 0.2) is 6.61 Å². The van der Waals surface area contributed by atoms with Gasteiger partial charge in [-0.3, -0.25) is 5.41 Å². The Morgan fingerprint density at radius 1 is 1.08 bits per heavy atom. The molecule has 11 nitrogen and oxygen atoms in total. The van der Waals surface area contributed by atoms with E-state index in [0.717, 1.165) is 12.1 Å². The second-order valence-corrected chi connectivity index (χ2v) is 9.75. The summed E-state index contributed by atoms with van der Waals surface area (Å²) >= 11 is 0. The Morgan fingerprint density at radius 3 is 2.50 bits per heavy atom. The van der Waals surface area contributed by atoms with Gasteiger partial charge in [0.1, 0.15) is 22.2 Å². The molecular formula is C26H27N3O8S. The van der Waals surface area contributed by atoms with Crippen LogP contribution in [0.15, 0.2) is 65.6 Å². The quantitative estimate of drug-likeness (QED) is 0.130. The zero-order valence-corrected chi connectivity index (χ0v) is 21.2. The average molecular weight is 542 g/mol. The highest BCUT2D eigenvalue weighted by Gasteiger charge is 2.20. The molecule has 0 atom stereocenters. The molecule has 3 rings (SSSR count). The van der Waals surface area contributed by atoms with Crippen LogP contribution in [0.5, 0.6) is 11.5 Å². The lowest BCUT2D eigenvalue weighted by Crippen LogP contribution is -2.26. The molecule has 0 spiro atoms. The number of benzene rings is 3. The van der Waals surface area contributed by atoms with E-state index < -0.39 is 39.2 Å². The summed E-state index contributed by atoms with van der Waals surface area (Å²) in [5, 5.41) is 27.1. The van der Waals surface area contributed by atoms with Crippen molar-refractivity contribution in [3.63, 3.8) is 0 Å². The lowest BCUT2D eigenvalue weighted by Gasteiger charge is -2.15. The van der Waals surface area contributed by atoms with Crippen molar-refractivity contribution in [1.82, 2.24) is 4.72 Å². The number of nitrogens with one attached hydrogen (secondary N) is 2. The Morgan fingerprint density at radius 2 is 1.82 bits per heavy atom. The van der Waals surface area contributed by atoms with Crippen molar-refractivity contribution in [3.8, 4) is 22.6 Å². The number of carboxylic acids is 1. The van der Waals surface area contributed by atoms with Crippen LogP contribution < -0.4 is 15.2 Å². The van der Waals surface area contributed by atoms with Crippen LogP contribution in [-0.4, -0.2) is 56.2 Å². The van der Waals surface area contributed by atoms with Crippen LogP contribution >= 0.6 is 0 Å². The molecule has 0 saturated carbocycles. The minimum Gasteiger partial charge on any atom is -0.507 e. The molecule has 0 bridgehead atoms. The summed E-state index contributed by atoms with van der Waals surface area (Å²) in [5.74, 6) is -2.31. The fourth-order valence-corrected chi connectivity index (χ4v) is 4.77. The van der Waals surface area contributed by atoms with Crippen LogP contribution in [0.3, 0.4) is 0 Å². The van der Waals surface area contributed by atoms with Crippen LogP contribution in [0.1, 0.15) is 28.4 Å². The molecule has 0 saturated heterocycles. The summed E-state index contributed by atoms with van der Waals surface area (Å²) in [6.45, 7) is 1.32. The van der Waals surface area contributed by atoms with Gasteiger partial charge in [-0.15, -0.1) is 0 Å². The van der Waals surface area contributed by atoms with Crippen molar-refractivity contribution in [2.75, 3.05) is 19.8 Å². The Labute approximate surface area is 219 Å². The first-order chi connectivity index (χ1) is 18.0. The Bertz CT molecular complexity index is 1470. The maximum Gasteiger partial charge on any atom is 0.344 e. The van der Waals surface area contributed by atoms with Gasteiger partial charge in [0.25, 0.3) is 0 Å². The van der Waals surface area contributed by atoms with E-state index in [-0.39, 0.29) is 42.3 Å². The summed E-state index contributed by atoms with van der Waals surface area (Å²) < 4.78 is 38.6. The van der Waals surface area contributed by atoms with E-state index in [2.05, 4.69) is 4.72 Å². The van der Waals surface area contributed by atoms with E-state index in [0.29, 0.717) is 16.7 Å². The molecule has 0 aromatic heterocycles. The maximum atomic E-state index is 12.8. The first kappa shape index (κ1) is 28.2. The van der Waals surface area contributed by atoms with Gasteiger partial charge in [0.05, 0.1) is 12.2 Å². The number of rotatable bonds is 12. The van der Waals surface area contributed by atoms with Crippen LogP contribution in [0.2, 0.25) is 0 Å². The molecule has 0 amide bonds. The number of carboxylic acid groups (broad SMARTS) is 1. The number of esters is 1. The van der Waals surface area contributed by atoms with Crippen LogP contribution in [0, 0.1) is 5.41 Å². The monoisotopic (exact) mass is 541 g/mol. The van der Waals surface area contributed by atoms with Crippen molar-refractivity contribution in [3.05, 3.63) is 77.4 Å². The third-order valence-electron chi connectivity index (χ3n) is 5.43. The highest BCUT2D eigenvalue weighted by Crippen LogP contribution is 2.30. The number of phenols is 1. The van der Waals surface area contributed by atoms with E-state index in [1.165, 1.54) is 12.1 Å². The molecule has 0 aliphatic rings. The number of carbonyl (C=O) groups is 2. The highest BCUT2D eigenvalue weighted by atomic mass is 32.2. The summed E-state index contributed by atoms with van der Waals surface area (Å²) in [4.78, 5) is 23.1. The fourth-order valence-electron chi connectivity index (χ4n) is 3.62. The zero-order chi connectivity index (χ0) is 27.9. The molecule has 3 aromatic rings. The molecule has 0 aliphatic carbocycles. The van der Waals surface area contributed by atoms with Gasteiger partial charge < -0.3 is 25.4 Å². The van der Waals surface area contributed by atoms with Gasteiger partial charge in [0.2, 0.25) is 10.0 Å². The smallest absolute Gasteiger partial charge is 0.344 e. The maximum absolute atomic E-state index is 12.8. The predicted octanol–water partition coefficient (Wildman–Crippen LogP) is 2.50. The van der Waals surface area contributed by atoms with Crippen molar-refractivity contribution in [2.24, 2.45) is 5.73 Å². The van der Waals surface area contributed by atoms with E-state index in [1.807, 2.05) is 0 Å². The molecule has 200 valence electrons. The third-order valence-corrected chi connectivity index (χ3v) is 6.92. The summed E-state index contributed by atoms with van der Waals surface area (Å²) in [6.07, 6.45) is 0.130. The number of aromatic hydroxyl groups is 1. The van der Waals surface area contributed by atoms with E-state index >= 15 is 0 Å². The number of amidine groups is 1. The number of nitrogens with two attached hydrogens (primary N) is 1. The summed E-state index contributed by atoms with van der Waals surface area (Å²) in [7, 11) is -4.16. The number of aromatic carboxylic acids is 1. The largest absolute Gasteiger partial charge is 0.507 e. The number of carbonyl (C=O) groups excluding carboxylic acids is 1. The van der Waals surface area contributed by atoms with Gasteiger partial charge in [-0.05, 0) is 60.4 Å². The Hall–Kier alpha value is -4.42. The SMILES string of the molecule is CCOC(=O)COc1cc(-c2ccccc2C(=O)O)ccc1CCNS(=O)(=O)c1cc(C(=N)N)ccc1O. The summed E-state index contributed by atoms with van der Waals surface area (Å²) in [5.41, 5.74) is 7.14. The molecule has 0 heterocycles. The number of ether oxygens (including phenoxy) is 2. The molecule has 12 heteroatoms. The number of hydrogen-bond acceptors (Lipinski definition) is 8. The molecular weight excluding hydrogens is 514 g/mol. The van der Waals surface area contributed by atoms with Gasteiger partial charge in [0, 0.05) is 12.1 Å². The third kappa shape index (κ3) is 6.87. The Kier molecular flexibility index (Phi) is 9.05. The normalized spacial score (nSPS) is 11.1. The first-order valence-electron chi connectivity index (χ1n) is 11.4. The van der Waals surface area contributed by atoms with Crippen LogP contribution in [0.4, 0.5) is 0 Å². The van der Waals surface area contributed by atoms with E-state index in [1.54, 1.807) is 43.3 Å². The van der Waals surface area contributed by atoms with Crippen molar-refractivity contribution in [1.29, 1.82) is 5.41 Å². The second-order valence-electron chi connectivity index (χ2n) is 8.01. The topological polar surface area (TPSA) is 189 Å². The molecule has 0 aliphatic heterocycles. The zero-order valence-electron chi connectivity index (χ0n) is 20.4. The number of phenolic OH excluding ortho intramolecular Hbond substituents is 1. The van der Waals surface area contributed by atoms with Crippen LogP contribution in [0.25, 0.3) is 11.1 Å². The minimum atomic E-state index is -4.16. The summed E-state index contributed by atoms with van der Waals surface area (Å²) in [6, 6.07) is 14.9. The minimum absolute atomic E-state index is 0.0805. The van der Waals surface area contributed by atoms with Gasteiger partial charge in [-0.1, -0.05) is 30.3 Å². The Balaban J connectivity index is 1.86. The second kappa shape index (κ2) is 12.2.